The van der Waals surface area contributed by atoms with Gasteiger partial charge in [0.15, 0.2) is 5.82 Å². The normalized spacial score (nSPS) is 11.3. The lowest BCUT2D eigenvalue weighted by molar-refractivity contribution is -0.137. The van der Waals surface area contributed by atoms with E-state index in [2.05, 4.69) is 20.7 Å². The number of hydrogen-bond acceptors (Lipinski definition) is 4. The van der Waals surface area contributed by atoms with Crippen LogP contribution in [0.1, 0.15) is 45.3 Å². The molecule has 0 saturated heterocycles. The maximum Gasteiger partial charge on any atom is 0.417 e. The van der Waals surface area contributed by atoms with E-state index in [4.69, 9.17) is 11.6 Å². The van der Waals surface area contributed by atoms with Gasteiger partial charge in [0.05, 0.1) is 33.6 Å². The Bertz CT molecular complexity index is 1140. The lowest BCUT2D eigenvalue weighted by atomic mass is 10.1. The fraction of sp³-hybridized carbons (Fsp3) is 0.238. The van der Waals surface area contributed by atoms with Crippen LogP contribution < -0.4 is 10.6 Å². The minimum Gasteiger partial charge on any atom is -0.352 e. The van der Waals surface area contributed by atoms with Gasteiger partial charge < -0.3 is 10.6 Å². The number of alkyl halides is 3. The molecule has 11 heteroatoms. The van der Waals surface area contributed by atoms with Crippen LogP contribution in [-0.4, -0.2) is 33.1 Å². The molecule has 7 nitrogen and oxygen atoms in total. The summed E-state index contributed by atoms with van der Waals surface area (Å²) >= 11 is 6.18. The lowest BCUT2D eigenvalue weighted by Crippen LogP contribution is -2.24. The van der Waals surface area contributed by atoms with Gasteiger partial charge in [0.25, 0.3) is 11.8 Å². The summed E-state index contributed by atoms with van der Waals surface area (Å²) < 4.78 is 39.4. The molecule has 3 rings (SSSR count). The van der Waals surface area contributed by atoms with Crippen molar-refractivity contribution in [2.75, 3.05) is 11.9 Å². The maximum atomic E-state index is 12.7. The van der Waals surface area contributed by atoms with Crippen molar-refractivity contribution in [2.24, 2.45) is 0 Å². The summed E-state index contributed by atoms with van der Waals surface area (Å²) in [6.07, 6.45) is -1.72. The van der Waals surface area contributed by atoms with Crippen LogP contribution in [0.4, 0.5) is 18.9 Å². The fourth-order valence-electron chi connectivity index (χ4n) is 2.85. The first-order valence-electron chi connectivity index (χ1n) is 9.59. The van der Waals surface area contributed by atoms with Crippen molar-refractivity contribution in [2.45, 2.75) is 26.4 Å². The molecule has 0 aliphatic rings. The highest BCUT2D eigenvalue weighted by Gasteiger charge is 2.30. The molecule has 0 radical (unpaired) electrons. The summed E-state index contributed by atoms with van der Waals surface area (Å²) in [5.41, 5.74) is 0.360. The minimum atomic E-state index is -4.50. The molecule has 0 aliphatic carbocycles. The van der Waals surface area contributed by atoms with Gasteiger partial charge in [-0.1, -0.05) is 18.5 Å². The summed E-state index contributed by atoms with van der Waals surface area (Å²) in [6, 6.07) is 6.57. The topological polar surface area (TPSA) is 88.9 Å². The molecule has 0 bridgehead atoms. The standard InChI is InChI=1S/C21H19ClF3N5O2/c1-3-8-26-19(31)15-6-5-14(9-17(15)22)29-20(32)16-11-28-30(12(16)2)18-7-4-13(10-27-18)21(23,24)25/h4-7,9-11H,3,8H2,1-2H3,(H,26,31)(H,29,32). The number of carbonyl (C=O) groups excluding carboxylic acids is 2. The van der Waals surface area contributed by atoms with Crippen molar-refractivity contribution in [3.63, 3.8) is 0 Å². The molecule has 0 unspecified atom stereocenters. The Morgan fingerprint density at radius 2 is 1.84 bits per heavy atom. The van der Waals surface area contributed by atoms with Crippen molar-refractivity contribution in [1.82, 2.24) is 20.1 Å². The van der Waals surface area contributed by atoms with E-state index in [-0.39, 0.29) is 27.9 Å². The van der Waals surface area contributed by atoms with E-state index in [0.717, 1.165) is 12.5 Å². The lowest BCUT2D eigenvalue weighted by Gasteiger charge is -2.10. The van der Waals surface area contributed by atoms with Crippen molar-refractivity contribution >= 4 is 29.1 Å². The van der Waals surface area contributed by atoms with E-state index in [0.29, 0.717) is 24.1 Å². The Labute approximate surface area is 186 Å². The highest BCUT2D eigenvalue weighted by Crippen LogP contribution is 2.29. The quantitative estimate of drug-likeness (QED) is 0.555. The third kappa shape index (κ3) is 5.08. The Morgan fingerprint density at radius 3 is 2.44 bits per heavy atom. The summed E-state index contributed by atoms with van der Waals surface area (Å²) in [5.74, 6) is -0.671. The predicted molar refractivity (Wildman–Crippen MR) is 113 cm³/mol. The van der Waals surface area contributed by atoms with Crippen LogP contribution in [0.15, 0.2) is 42.7 Å². The molecule has 2 N–H and O–H groups in total. The van der Waals surface area contributed by atoms with E-state index in [9.17, 15) is 22.8 Å². The predicted octanol–water partition coefficient (Wildman–Crippen LogP) is 4.64. The summed E-state index contributed by atoms with van der Waals surface area (Å²) in [5, 5.41) is 9.62. The van der Waals surface area contributed by atoms with Crippen LogP contribution in [0.25, 0.3) is 5.82 Å². The van der Waals surface area contributed by atoms with Gasteiger partial charge >= 0.3 is 6.18 Å². The van der Waals surface area contributed by atoms with Crippen LogP contribution >= 0.6 is 11.6 Å². The van der Waals surface area contributed by atoms with E-state index >= 15 is 0 Å². The largest absolute Gasteiger partial charge is 0.417 e. The van der Waals surface area contributed by atoms with Gasteiger partial charge in [0.1, 0.15) is 0 Å². The number of aromatic nitrogens is 3. The number of amides is 2. The van der Waals surface area contributed by atoms with Gasteiger partial charge in [-0.15, -0.1) is 0 Å². The van der Waals surface area contributed by atoms with Gasteiger partial charge in [-0.05, 0) is 43.7 Å². The summed E-state index contributed by atoms with van der Waals surface area (Å²) in [6.45, 7) is 4.04. The van der Waals surface area contributed by atoms with Gasteiger partial charge in [0.2, 0.25) is 0 Å². The van der Waals surface area contributed by atoms with E-state index in [1.54, 1.807) is 13.0 Å². The molecule has 0 spiro atoms. The van der Waals surface area contributed by atoms with Crippen molar-refractivity contribution < 1.29 is 22.8 Å². The van der Waals surface area contributed by atoms with Crippen molar-refractivity contribution in [1.29, 1.82) is 0 Å². The van der Waals surface area contributed by atoms with Gasteiger partial charge in [-0.3, -0.25) is 9.59 Å². The van der Waals surface area contributed by atoms with Crippen LogP contribution in [0.3, 0.4) is 0 Å². The van der Waals surface area contributed by atoms with Crippen LogP contribution in [0.2, 0.25) is 5.02 Å². The first-order valence-corrected chi connectivity index (χ1v) is 9.97. The second-order valence-electron chi connectivity index (χ2n) is 6.86. The molecular formula is C21H19ClF3N5O2. The molecular weight excluding hydrogens is 447 g/mol. The monoisotopic (exact) mass is 465 g/mol. The minimum absolute atomic E-state index is 0.139. The summed E-state index contributed by atoms with van der Waals surface area (Å²) in [4.78, 5) is 28.5. The Morgan fingerprint density at radius 1 is 1.09 bits per heavy atom. The molecule has 2 aromatic heterocycles. The van der Waals surface area contributed by atoms with Gasteiger partial charge in [-0.2, -0.15) is 18.3 Å². The summed E-state index contributed by atoms with van der Waals surface area (Å²) in [7, 11) is 0. The van der Waals surface area contributed by atoms with Crippen LogP contribution in [-0.2, 0) is 6.18 Å². The van der Waals surface area contributed by atoms with Gasteiger partial charge in [-0.25, -0.2) is 9.67 Å². The zero-order valence-electron chi connectivity index (χ0n) is 17.1. The second kappa shape index (κ2) is 9.39. The number of pyridine rings is 1. The first kappa shape index (κ1) is 23.3. The Hall–Kier alpha value is -3.40. The SMILES string of the molecule is CCCNC(=O)c1ccc(NC(=O)c2cnn(-c3ccc(C(F)(F)F)cn3)c2C)cc1Cl. The molecule has 0 aliphatic heterocycles. The molecule has 0 saturated carbocycles. The number of halogens is 4. The number of carbonyl (C=O) groups is 2. The Balaban J connectivity index is 1.76. The second-order valence-corrected chi connectivity index (χ2v) is 7.27. The highest BCUT2D eigenvalue weighted by atomic mass is 35.5. The zero-order valence-corrected chi connectivity index (χ0v) is 17.9. The Kier molecular flexibility index (Phi) is 6.83. The third-order valence-electron chi connectivity index (χ3n) is 4.55. The molecule has 3 aromatic rings. The molecule has 2 amide bonds. The van der Waals surface area contributed by atoms with E-state index in [1.807, 2.05) is 6.92 Å². The smallest absolute Gasteiger partial charge is 0.352 e. The number of hydrogen-bond donors (Lipinski definition) is 2. The number of rotatable bonds is 6. The molecule has 1 aromatic carbocycles. The van der Waals surface area contributed by atoms with Crippen LogP contribution in [0.5, 0.6) is 0 Å². The number of nitrogens with one attached hydrogen (secondary N) is 2. The average Bonchev–Trinajstić information content (AvgIpc) is 3.13. The first-order chi connectivity index (χ1) is 15.1. The molecule has 0 atom stereocenters. The molecule has 168 valence electrons. The van der Waals surface area contributed by atoms with Crippen molar-refractivity contribution in [3.8, 4) is 5.82 Å². The van der Waals surface area contributed by atoms with Gasteiger partial charge in [0, 0.05) is 18.4 Å². The number of anilines is 1. The average molecular weight is 466 g/mol. The number of benzene rings is 1. The molecule has 0 fully saturated rings. The van der Waals surface area contributed by atoms with E-state index in [1.165, 1.54) is 29.1 Å². The van der Waals surface area contributed by atoms with E-state index < -0.39 is 17.6 Å². The fourth-order valence-corrected chi connectivity index (χ4v) is 3.12. The third-order valence-corrected chi connectivity index (χ3v) is 4.87. The zero-order chi connectivity index (χ0) is 23.5. The van der Waals surface area contributed by atoms with Crippen LogP contribution in [0, 0.1) is 6.92 Å². The maximum absolute atomic E-state index is 12.7. The number of nitrogens with zero attached hydrogens (tertiary/aromatic N) is 3. The highest BCUT2D eigenvalue weighted by molar-refractivity contribution is 6.34. The molecule has 32 heavy (non-hydrogen) atoms. The van der Waals surface area contributed by atoms with Crippen molar-refractivity contribution in [3.05, 3.63) is 70.1 Å². The molecule has 2 heterocycles.